The number of hydrogen-bond donors (Lipinski definition) is 1. The number of benzene rings is 1. The van der Waals surface area contributed by atoms with Crippen molar-refractivity contribution in [2.45, 2.75) is 19.3 Å². The first-order valence-corrected chi connectivity index (χ1v) is 10.0. The van der Waals surface area contributed by atoms with E-state index in [4.69, 9.17) is 4.74 Å². The Labute approximate surface area is 148 Å². The fraction of sp³-hybridized carbons (Fsp3) is 0.529. The van der Waals surface area contributed by atoms with Crippen LogP contribution >= 0.6 is 0 Å². The quantitative estimate of drug-likeness (QED) is 0.652. The molecule has 1 N–H and O–H groups in total. The zero-order chi connectivity index (χ0) is 18.1. The highest BCUT2D eigenvalue weighted by molar-refractivity contribution is 7.89. The number of carbonyl (C=O) groups excluding carboxylic acids is 2. The van der Waals surface area contributed by atoms with E-state index in [1.807, 2.05) is 6.07 Å². The molecule has 138 valence electrons. The molecule has 0 atom stereocenters. The number of sulfonamides is 1. The molecule has 1 aromatic rings. The Balaban J connectivity index is 1.63. The minimum Gasteiger partial charge on any atom is -0.379 e. The van der Waals surface area contributed by atoms with Gasteiger partial charge in [-0.05, 0) is 6.42 Å². The highest BCUT2D eigenvalue weighted by Gasteiger charge is 2.23. The van der Waals surface area contributed by atoms with Gasteiger partial charge in [0.05, 0.1) is 19.0 Å². The van der Waals surface area contributed by atoms with E-state index in [1.165, 1.54) is 4.31 Å². The smallest absolute Gasteiger partial charge is 0.220 e. The SMILES string of the molecule is O=C(CCCC(=O)c1ccccc1)NCCS(=O)(=O)N1CCOCC1. The molecule has 0 bridgehead atoms. The van der Waals surface area contributed by atoms with Crippen molar-refractivity contribution in [2.24, 2.45) is 0 Å². The fourth-order valence-corrected chi connectivity index (χ4v) is 3.86. The maximum Gasteiger partial charge on any atom is 0.220 e. The van der Waals surface area contributed by atoms with Crippen LogP contribution in [-0.4, -0.2) is 63.0 Å². The van der Waals surface area contributed by atoms with Crippen molar-refractivity contribution in [3.63, 3.8) is 0 Å². The molecule has 0 aliphatic carbocycles. The van der Waals surface area contributed by atoms with Crippen molar-refractivity contribution in [3.8, 4) is 0 Å². The number of nitrogens with zero attached hydrogens (tertiary/aromatic N) is 1. The predicted octanol–water partition coefficient (Wildman–Crippen LogP) is 0.818. The molecule has 0 spiro atoms. The number of ether oxygens (including phenoxy) is 1. The van der Waals surface area contributed by atoms with E-state index in [0.717, 1.165) is 0 Å². The number of Topliss-reactive ketones (excluding diaryl/α,β-unsaturated/α-hetero) is 1. The van der Waals surface area contributed by atoms with Gasteiger partial charge in [-0.25, -0.2) is 8.42 Å². The summed E-state index contributed by atoms with van der Waals surface area (Å²) in [5.74, 6) is -0.358. The number of amides is 1. The summed E-state index contributed by atoms with van der Waals surface area (Å²) < 4.78 is 30.7. The first-order valence-electron chi connectivity index (χ1n) is 8.39. The first-order chi connectivity index (χ1) is 12.0. The van der Waals surface area contributed by atoms with E-state index in [9.17, 15) is 18.0 Å². The Bertz CT molecular complexity index is 670. The number of carbonyl (C=O) groups is 2. The molecular formula is C17H24N2O5S. The van der Waals surface area contributed by atoms with Gasteiger partial charge in [0.1, 0.15) is 0 Å². The average Bonchev–Trinajstić information content (AvgIpc) is 2.63. The van der Waals surface area contributed by atoms with E-state index in [2.05, 4.69) is 5.32 Å². The Morgan fingerprint density at radius 1 is 1.08 bits per heavy atom. The maximum absolute atomic E-state index is 12.1. The monoisotopic (exact) mass is 368 g/mol. The summed E-state index contributed by atoms with van der Waals surface area (Å²) >= 11 is 0. The topological polar surface area (TPSA) is 92.8 Å². The third-order valence-electron chi connectivity index (χ3n) is 3.95. The number of ketones is 1. The molecule has 25 heavy (non-hydrogen) atoms. The second-order valence-electron chi connectivity index (χ2n) is 5.82. The van der Waals surface area contributed by atoms with E-state index >= 15 is 0 Å². The lowest BCUT2D eigenvalue weighted by Crippen LogP contribution is -2.43. The lowest BCUT2D eigenvalue weighted by Gasteiger charge is -2.26. The Kier molecular flexibility index (Phi) is 7.54. The van der Waals surface area contributed by atoms with Gasteiger partial charge in [0.15, 0.2) is 5.78 Å². The normalized spacial score (nSPS) is 15.7. The molecule has 1 aliphatic rings. The average molecular weight is 368 g/mol. The van der Waals surface area contributed by atoms with Gasteiger partial charge in [0.25, 0.3) is 0 Å². The van der Waals surface area contributed by atoms with Crippen LogP contribution < -0.4 is 5.32 Å². The zero-order valence-electron chi connectivity index (χ0n) is 14.1. The van der Waals surface area contributed by atoms with Crippen molar-refractivity contribution in [1.29, 1.82) is 0 Å². The van der Waals surface area contributed by atoms with Crippen molar-refractivity contribution in [1.82, 2.24) is 9.62 Å². The van der Waals surface area contributed by atoms with Gasteiger partial charge >= 0.3 is 0 Å². The first kappa shape index (κ1) is 19.6. The zero-order valence-corrected chi connectivity index (χ0v) is 15.0. The van der Waals surface area contributed by atoms with E-state index in [1.54, 1.807) is 24.3 Å². The summed E-state index contributed by atoms with van der Waals surface area (Å²) in [6.07, 6.45) is 0.940. The highest BCUT2D eigenvalue weighted by atomic mass is 32.2. The molecule has 7 nitrogen and oxygen atoms in total. The summed E-state index contributed by atoms with van der Waals surface area (Å²) in [4.78, 5) is 23.7. The molecule has 2 rings (SSSR count). The van der Waals surface area contributed by atoms with E-state index < -0.39 is 10.0 Å². The van der Waals surface area contributed by atoms with Gasteiger partial charge in [-0.3, -0.25) is 9.59 Å². The molecule has 0 saturated carbocycles. The highest BCUT2D eigenvalue weighted by Crippen LogP contribution is 2.07. The van der Waals surface area contributed by atoms with Crippen LogP contribution in [0.1, 0.15) is 29.6 Å². The largest absolute Gasteiger partial charge is 0.379 e. The molecule has 1 aliphatic heterocycles. The summed E-state index contributed by atoms with van der Waals surface area (Å²) in [7, 11) is -3.36. The number of morpholine rings is 1. The lowest BCUT2D eigenvalue weighted by atomic mass is 10.1. The minimum absolute atomic E-state index is 0.00305. The summed E-state index contributed by atoms with van der Waals surface area (Å²) in [6, 6.07) is 8.94. The molecule has 1 saturated heterocycles. The van der Waals surface area contributed by atoms with Crippen LogP contribution in [0.4, 0.5) is 0 Å². The molecule has 1 aromatic carbocycles. The Morgan fingerprint density at radius 3 is 2.44 bits per heavy atom. The molecule has 1 amide bonds. The molecule has 0 radical (unpaired) electrons. The summed E-state index contributed by atoms with van der Waals surface area (Å²) in [5, 5.41) is 2.60. The molecule has 8 heteroatoms. The molecule has 0 aromatic heterocycles. The Morgan fingerprint density at radius 2 is 1.76 bits per heavy atom. The third-order valence-corrected chi connectivity index (χ3v) is 5.82. The van der Waals surface area contributed by atoms with Crippen molar-refractivity contribution in [3.05, 3.63) is 35.9 Å². The Hall–Kier alpha value is -1.77. The predicted molar refractivity (Wildman–Crippen MR) is 93.8 cm³/mol. The van der Waals surface area contributed by atoms with Gasteiger partial charge in [0.2, 0.25) is 15.9 Å². The fourth-order valence-electron chi connectivity index (χ4n) is 2.54. The number of rotatable bonds is 9. The van der Waals surface area contributed by atoms with Crippen molar-refractivity contribution in [2.75, 3.05) is 38.6 Å². The van der Waals surface area contributed by atoms with Gasteiger partial charge in [0, 0.05) is 38.0 Å². The van der Waals surface area contributed by atoms with E-state index in [0.29, 0.717) is 44.7 Å². The van der Waals surface area contributed by atoms with Crippen molar-refractivity contribution >= 4 is 21.7 Å². The van der Waals surface area contributed by atoms with Crippen LogP contribution in [0.5, 0.6) is 0 Å². The van der Waals surface area contributed by atoms with Crippen LogP contribution in [-0.2, 0) is 19.6 Å². The lowest BCUT2D eigenvalue weighted by molar-refractivity contribution is -0.121. The van der Waals surface area contributed by atoms with Crippen molar-refractivity contribution < 1.29 is 22.7 Å². The summed E-state index contributed by atoms with van der Waals surface area (Å²) in [6.45, 7) is 1.60. The van der Waals surface area contributed by atoms with Crippen LogP contribution in [0.2, 0.25) is 0 Å². The van der Waals surface area contributed by atoms with Gasteiger partial charge < -0.3 is 10.1 Å². The van der Waals surface area contributed by atoms with Crippen LogP contribution in [0, 0.1) is 0 Å². The third kappa shape index (κ3) is 6.56. The maximum atomic E-state index is 12.1. The van der Waals surface area contributed by atoms with Crippen LogP contribution in [0.25, 0.3) is 0 Å². The van der Waals surface area contributed by atoms with Crippen LogP contribution in [0.3, 0.4) is 0 Å². The summed E-state index contributed by atoms with van der Waals surface area (Å²) in [5.41, 5.74) is 0.638. The number of nitrogens with one attached hydrogen (secondary N) is 1. The number of hydrogen-bond acceptors (Lipinski definition) is 5. The van der Waals surface area contributed by atoms with Gasteiger partial charge in [-0.2, -0.15) is 4.31 Å². The molecular weight excluding hydrogens is 344 g/mol. The molecule has 1 heterocycles. The standard InChI is InChI=1S/C17H24N2O5S/c20-16(15-5-2-1-3-6-15)7-4-8-17(21)18-9-14-25(22,23)19-10-12-24-13-11-19/h1-3,5-6H,4,7-14H2,(H,18,21). The van der Waals surface area contributed by atoms with Crippen LogP contribution in [0.15, 0.2) is 30.3 Å². The molecule has 1 fully saturated rings. The van der Waals surface area contributed by atoms with Gasteiger partial charge in [-0.15, -0.1) is 0 Å². The van der Waals surface area contributed by atoms with E-state index in [-0.39, 0.29) is 30.4 Å². The molecule has 0 unspecified atom stereocenters. The van der Waals surface area contributed by atoms with Gasteiger partial charge in [-0.1, -0.05) is 30.3 Å². The minimum atomic E-state index is -3.36. The second-order valence-corrected chi connectivity index (χ2v) is 7.91. The second kappa shape index (κ2) is 9.65.